The quantitative estimate of drug-likeness (QED) is 0.447. The third kappa shape index (κ3) is 2.90. The van der Waals surface area contributed by atoms with E-state index in [1.165, 1.54) is 0 Å². The number of hydrogen-bond donors (Lipinski definition) is 0. The molecular formula is C21H18N6S. The van der Waals surface area contributed by atoms with Crippen LogP contribution in [0, 0.1) is 0 Å². The van der Waals surface area contributed by atoms with Crippen LogP contribution >= 0.6 is 11.3 Å². The number of aromatic nitrogens is 6. The molecule has 5 aromatic rings. The predicted octanol–water partition coefficient (Wildman–Crippen LogP) is 4.49. The molecule has 0 amide bonds. The second-order valence-corrected chi connectivity index (χ2v) is 7.31. The Morgan fingerprint density at radius 2 is 1.93 bits per heavy atom. The van der Waals surface area contributed by atoms with Crippen molar-refractivity contribution >= 4 is 22.4 Å². The number of pyridine rings is 1. The van der Waals surface area contributed by atoms with Crippen LogP contribution in [0.25, 0.3) is 33.1 Å². The largest absolute Gasteiger partial charge is 0.325 e. The minimum atomic E-state index is 0.637. The maximum absolute atomic E-state index is 4.92. The summed E-state index contributed by atoms with van der Waals surface area (Å²) in [5.41, 5.74) is 4.04. The Balaban J connectivity index is 1.56. The molecule has 0 saturated heterocycles. The van der Waals surface area contributed by atoms with Crippen LogP contribution in [0.5, 0.6) is 0 Å². The normalized spacial score (nSPS) is 11.3. The van der Waals surface area contributed by atoms with Gasteiger partial charge < -0.3 is 9.13 Å². The Hall–Kier alpha value is -3.32. The SMILES string of the molecule is CCn1c(Cn2ccnc2-c2nccs2)nc2cc(-c3ccccc3)ncc21. The van der Waals surface area contributed by atoms with E-state index in [0.717, 1.165) is 45.5 Å². The van der Waals surface area contributed by atoms with Gasteiger partial charge in [0.1, 0.15) is 5.82 Å². The smallest absolute Gasteiger partial charge is 0.169 e. The third-order valence-electron chi connectivity index (χ3n) is 4.75. The highest BCUT2D eigenvalue weighted by molar-refractivity contribution is 7.13. The minimum absolute atomic E-state index is 0.637. The van der Waals surface area contributed by atoms with Crippen LogP contribution in [0.1, 0.15) is 12.7 Å². The van der Waals surface area contributed by atoms with Gasteiger partial charge in [-0.2, -0.15) is 0 Å². The number of imidazole rings is 2. The van der Waals surface area contributed by atoms with Gasteiger partial charge in [-0.15, -0.1) is 11.3 Å². The van der Waals surface area contributed by atoms with Crippen LogP contribution in [0.3, 0.4) is 0 Å². The van der Waals surface area contributed by atoms with Crippen molar-refractivity contribution < 1.29 is 0 Å². The summed E-state index contributed by atoms with van der Waals surface area (Å²) in [5.74, 6) is 1.85. The maximum Gasteiger partial charge on any atom is 0.169 e. The standard InChI is InChI=1S/C21H18N6S/c1-2-27-18-13-24-16(15-6-4-3-5-7-15)12-17(18)25-19(27)14-26-10-8-22-20(26)21-23-9-11-28-21/h3-13H,2,14H2,1H3. The summed E-state index contributed by atoms with van der Waals surface area (Å²) in [6.45, 7) is 3.60. The summed E-state index contributed by atoms with van der Waals surface area (Å²) in [4.78, 5) is 18.5. The summed E-state index contributed by atoms with van der Waals surface area (Å²) >= 11 is 1.59. The molecule has 0 bridgehead atoms. The van der Waals surface area contributed by atoms with E-state index in [1.54, 1.807) is 17.5 Å². The summed E-state index contributed by atoms with van der Waals surface area (Å²) in [5, 5.41) is 2.88. The van der Waals surface area contributed by atoms with E-state index in [2.05, 4.69) is 49.2 Å². The first-order chi connectivity index (χ1) is 13.8. The van der Waals surface area contributed by atoms with Gasteiger partial charge in [0, 0.05) is 36.1 Å². The van der Waals surface area contributed by atoms with Crippen molar-refractivity contribution in [3.63, 3.8) is 0 Å². The molecule has 0 radical (unpaired) electrons. The van der Waals surface area contributed by atoms with Crippen LogP contribution in [0.2, 0.25) is 0 Å². The number of hydrogen-bond acceptors (Lipinski definition) is 5. The topological polar surface area (TPSA) is 61.4 Å². The molecule has 1 aromatic carbocycles. The van der Waals surface area contributed by atoms with Crippen molar-refractivity contribution in [1.29, 1.82) is 0 Å². The van der Waals surface area contributed by atoms with Crippen molar-refractivity contribution in [1.82, 2.24) is 29.1 Å². The number of fused-ring (bicyclic) bond motifs is 1. The van der Waals surface area contributed by atoms with Gasteiger partial charge in [-0.1, -0.05) is 30.3 Å². The molecule has 138 valence electrons. The van der Waals surface area contributed by atoms with E-state index in [0.29, 0.717) is 6.54 Å². The van der Waals surface area contributed by atoms with Gasteiger partial charge in [0.2, 0.25) is 0 Å². The Morgan fingerprint density at radius 3 is 2.71 bits per heavy atom. The second kappa shape index (κ2) is 7.01. The predicted molar refractivity (Wildman–Crippen MR) is 111 cm³/mol. The lowest BCUT2D eigenvalue weighted by Gasteiger charge is -2.08. The number of thiazole rings is 1. The van der Waals surface area contributed by atoms with Gasteiger partial charge in [0.15, 0.2) is 10.8 Å². The van der Waals surface area contributed by atoms with Gasteiger partial charge in [-0.05, 0) is 13.0 Å². The molecule has 4 heterocycles. The molecular weight excluding hydrogens is 368 g/mol. The first-order valence-corrected chi connectivity index (χ1v) is 10.0. The molecule has 0 aliphatic heterocycles. The number of rotatable bonds is 5. The van der Waals surface area contributed by atoms with Crippen molar-refractivity contribution in [3.05, 3.63) is 72.4 Å². The van der Waals surface area contributed by atoms with Crippen molar-refractivity contribution in [2.24, 2.45) is 0 Å². The van der Waals surface area contributed by atoms with Crippen LogP contribution in [-0.2, 0) is 13.1 Å². The first-order valence-electron chi connectivity index (χ1n) is 9.15. The lowest BCUT2D eigenvalue weighted by molar-refractivity contribution is 0.667. The number of nitrogens with zero attached hydrogens (tertiary/aromatic N) is 6. The first kappa shape index (κ1) is 16.8. The average Bonchev–Trinajstić information content (AvgIpc) is 3.47. The third-order valence-corrected chi connectivity index (χ3v) is 5.52. The zero-order valence-corrected chi connectivity index (χ0v) is 16.2. The number of benzene rings is 1. The van der Waals surface area contributed by atoms with Gasteiger partial charge in [-0.3, -0.25) is 4.98 Å². The van der Waals surface area contributed by atoms with Crippen LogP contribution in [0.4, 0.5) is 0 Å². The van der Waals surface area contributed by atoms with Gasteiger partial charge >= 0.3 is 0 Å². The summed E-state index contributed by atoms with van der Waals surface area (Å²) < 4.78 is 4.31. The lowest BCUT2D eigenvalue weighted by atomic mass is 10.1. The van der Waals surface area contributed by atoms with Gasteiger partial charge in [0.25, 0.3) is 0 Å². The van der Waals surface area contributed by atoms with E-state index in [1.807, 2.05) is 42.2 Å². The van der Waals surface area contributed by atoms with Gasteiger partial charge in [-0.25, -0.2) is 15.0 Å². The molecule has 4 aromatic heterocycles. The maximum atomic E-state index is 4.92. The molecule has 5 rings (SSSR count). The molecule has 0 atom stereocenters. The Labute approximate surface area is 166 Å². The molecule has 0 aliphatic rings. The van der Waals surface area contributed by atoms with Crippen LogP contribution in [0.15, 0.2) is 66.6 Å². The Kier molecular flexibility index (Phi) is 4.21. The number of aryl methyl sites for hydroxylation is 1. The van der Waals surface area contributed by atoms with Gasteiger partial charge in [0.05, 0.1) is 29.5 Å². The van der Waals surface area contributed by atoms with E-state index in [-0.39, 0.29) is 0 Å². The van der Waals surface area contributed by atoms with E-state index in [4.69, 9.17) is 4.98 Å². The molecule has 0 aliphatic carbocycles. The highest BCUT2D eigenvalue weighted by atomic mass is 32.1. The summed E-state index contributed by atoms with van der Waals surface area (Å²) in [6, 6.07) is 12.3. The Bertz CT molecular complexity index is 1220. The summed E-state index contributed by atoms with van der Waals surface area (Å²) in [7, 11) is 0. The fourth-order valence-corrected chi connectivity index (χ4v) is 4.08. The van der Waals surface area contributed by atoms with Crippen LogP contribution in [-0.4, -0.2) is 29.1 Å². The monoisotopic (exact) mass is 386 g/mol. The molecule has 0 N–H and O–H groups in total. The zero-order valence-electron chi connectivity index (χ0n) is 15.4. The molecule has 0 unspecified atom stereocenters. The Morgan fingerprint density at radius 1 is 1.04 bits per heavy atom. The zero-order chi connectivity index (χ0) is 18.9. The van der Waals surface area contributed by atoms with E-state index >= 15 is 0 Å². The van der Waals surface area contributed by atoms with Crippen molar-refractivity contribution in [2.75, 3.05) is 0 Å². The second-order valence-electron chi connectivity index (χ2n) is 6.41. The highest BCUT2D eigenvalue weighted by Crippen LogP contribution is 2.25. The molecule has 0 spiro atoms. The van der Waals surface area contributed by atoms with Crippen LogP contribution < -0.4 is 0 Å². The van der Waals surface area contributed by atoms with E-state index in [9.17, 15) is 0 Å². The highest BCUT2D eigenvalue weighted by Gasteiger charge is 2.15. The van der Waals surface area contributed by atoms with Crippen molar-refractivity contribution in [2.45, 2.75) is 20.0 Å². The summed E-state index contributed by atoms with van der Waals surface area (Å²) in [6.07, 6.45) is 7.51. The molecule has 0 fully saturated rings. The minimum Gasteiger partial charge on any atom is -0.325 e. The van der Waals surface area contributed by atoms with E-state index < -0.39 is 0 Å². The average molecular weight is 386 g/mol. The fraction of sp³-hybridized carbons (Fsp3) is 0.143. The fourth-order valence-electron chi connectivity index (χ4n) is 3.43. The van der Waals surface area contributed by atoms with Crippen molar-refractivity contribution in [3.8, 4) is 22.1 Å². The molecule has 6 nitrogen and oxygen atoms in total. The lowest BCUT2D eigenvalue weighted by Crippen LogP contribution is -2.08. The molecule has 0 saturated carbocycles. The molecule has 7 heteroatoms. The molecule has 28 heavy (non-hydrogen) atoms.